The Morgan fingerprint density at radius 3 is 2.75 bits per heavy atom. The van der Waals surface area contributed by atoms with Gasteiger partial charge in [0.15, 0.2) is 0 Å². The molecule has 0 aromatic heterocycles. The number of rotatable bonds is 4. The van der Waals surface area contributed by atoms with Crippen molar-refractivity contribution in [1.29, 1.82) is 0 Å². The van der Waals surface area contributed by atoms with Crippen molar-refractivity contribution in [3.8, 4) is 0 Å². The molecule has 0 atom stereocenters. The van der Waals surface area contributed by atoms with E-state index in [1.807, 2.05) is 6.07 Å². The molecule has 0 radical (unpaired) electrons. The highest BCUT2D eigenvalue weighted by Gasteiger charge is 2.09. The summed E-state index contributed by atoms with van der Waals surface area (Å²) in [5, 5.41) is 0. The van der Waals surface area contributed by atoms with Crippen molar-refractivity contribution in [2.24, 2.45) is 0 Å². The maximum Gasteiger partial charge on any atom is 0.124 e. The first-order chi connectivity index (χ1) is 7.84. The monoisotopic (exact) mass is 239 g/mol. The lowest BCUT2D eigenvalue weighted by Gasteiger charge is -2.26. The fourth-order valence-corrected chi connectivity index (χ4v) is 2.99. The zero-order valence-electron chi connectivity index (χ0n) is 9.49. The van der Waals surface area contributed by atoms with Gasteiger partial charge in [-0.3, -0.25) is 0 Å². The summed E-state index contributed by atoms with van der Waals surface area (Å²) in [7, 11) is 0. The highest BCUT2D eigenvalue weighted by atomic mass is 32.2. The van der Waals surface area contributed by atoms with E-state index in [-0.39, 0.29) is 5.82 Å². The topological polar surface area (TPSA) is 3.24 Å². The number of thioether (sulfide) groups is 1. The Labute approximate surface area is 101 Å². The second kappa shape index (κ2) is 6.26. The van der Waals surface area contributed by atoms with E-state index in [0.29, 0.717) is 0 Å². The molecule has 1 heterocycles. The normalized spacial score (nSPS) is 17.6. The Balaban J connectivity index is 1.71. The largest absolute Gasteiger partial charge is 0.303 e. The van der Waals surface area contributed by atoms with Crippen molar-refractivity contribution in [3.63, 3.8) is 0 Å². The second-order valence-electron chi connectivity index (χ2n) is 4.21. The number of likely N-dealkylation sites (tertiary alicyclic amines) is 1. The smallest absolute Gasteiger partial charge is 0.124 e. The molecule has 1 aromatic rings. The van der Waals surface area contributed by atoms with Gasteiger partial charge in [-0.15, -0.1) is 11.8 Å². The van der Waals surface area contributed by atoms with Gasteiger partial charge in [0.25, 0.3) is 0 Å². The molecule has 1 aliphatic rings. The predicted molar refractivity (Wildman–Crippen MR) is 67.4 cm³/mol. The van der Waals surface area contributed by atoms with E-state index in [1.54, 1.807) is 23.9 Å². The van der Waals surface area contributed by atoms with Crippen molar-refractivity contribution >= 4 is 11.8 Å². The minimum atomic E-state index is -0.136. The lowest BCUT2D eigenvalue weighted by atomic mass is 10.1. The first kappa shape index (κ1) is 11.9. The van der Waals surface area contributed by atoms with E-state index in [9.17, 15) is 4.39 Å². The summed E-state index contributed by atoms with van der Waals surface area (Å²) in [6, 6.07) is 6.86. The molecule has 3 heteroatoms. The Kier molecular flexibility index (Phi) is 4.67. The molecule has 0 bridgehead atoms. The summed E-state index contributed by atoms with van der Waals surface area (Å²) >= 11 is 1.75. The molecule has 0 unspecified atom stereocenters. The highest BCUT2D eigenvalue weighted by Crippen LogP contribution is 2.19. The fraction of sp³-hybridized carbons (Fsp3) is 0.538. The van der Waals surface area contributed by atoms with Crippen LogP contribution in [0.15, 0.2) is 29.2 Å². The summed E-state index contributed by atoms with van der Waals surface area (Å²) in [6.45, 7) is 3.61. The fourth-order valence-electron chi connectivity index (χ4n) is 2.03. The van der Waals surface area contributed by atoms with Crippen molar-refractivity contribution in [2.45, 2.75) is 24.2 Å². The molecule has 1 aromatic carbocycles. The molecular formula is C13H18FNS. The third kappa shape index (κ3) is 3.80. The summed E-state index contributed by atoms with van der Waals surface area (Å²) in [5.41, 5.74) is 0. The maximum absolute atomic E-state index is 12.9. The standard InChI is InChI=1S/C13H18FNS/c14-12-5-4-6-13(11-12)16-10-9-15-7-2-1-3-8-15/h4-6,11H,1-3,7-10H2. The quantitative estimate of drug-likeness (QED) is 0.741. The average Bonchev–Trinajstić information content (AvgIpc) is 2.30. The first-order valence-electron chi connectivity index (χ1n) is 5.95. The van der Waals surface area contributed by atoms with Crippen molar-refractivity contribution < 1.29 is 4.39 Å². The highest BCUT2D eigenvalue weighted by molar-refractivity contribution is 7.99. The van der Waals surface area contributed by atoms with Crippen LogP contribution in [0.3, 0.4) is 0 Å². The van der Waals surface area contributed by atoms with Gasteiger partial charge in [-0.1, -0.05) is 12.5 Å². The molecule has 0 amide bonds. The number of halogens is 1. The van der Waals surface area contributed by atoms with Crippen molar-refractivity contribution in [3.05, 3.63) is 30.1 Å². The van der Waals surface area contributed by atoms with E-state index in [0.717, 1.165) is 17.2 Å². The molecule has 88 valence electrons. The van der Waals surface area contributed by atoms with Gasteiger partial charge in [0.1, 0.15) is 5.82 Å². The number of hydrogen-bond acceptors (Lipinski definition) is 2. The van der Waals surface area contributed by atoms with E-state index in [2.05, 4.69) is 4.90 Å². The molecule has 1 saturated heterocycles. The molecule has 16 heavy (non-hydrogen) atoms. The van der Waals surface area contributed by atoms with E-state index in [1.165, 1.54) is 38.4 Å². The minimum absolute atomic E-state index is 0.136. The van der Waals surface area contributed by atoms with Crippen LogP contribution < -0.4 is 0 Å². The molecule has 1 aliphatic heterocycles. The van der Waals surface area contributed by atoms with Gasteiger partial charge in [0, 0.05) is 17.2 Å². The van der Waals surface area contributed by atoms with Gasteiger partial charge < -0.3 is 4.90 Å². The summed E-state index contributed by atoms with van der Waals surface area (Å²) in [5.74, 6) is 0.923. The second-order valence-corrected chi connectivity index (χ2v) is 5.38. The van der Waals surface area contributed by atoms with Gasteiger partial charge in [-0.2, -0.15) is 0 Å². The van der Waals surface area contributed by atoms with Gasteiger partial charge in [0.05, 0.1) is 0 Å². The number of nitrogens with zero attached hydrogens (tertiary/aromatic N) is 1. The van der Waals surface area contributed by atoms with E-state index >= 15 is 0 Å². The Hall–Kier alpha value is -0.540. The van der Waals surface area contributed by atoms with Crippen LogP contribution in [0.1, 0.15) is 19.3 Å². The molecule has 1 nitrogen and oxygen atoms in total. The van der Waals surface area contributed by atoms with Gasteiger partial charge >= 0.3 is 0 Å². The van der Waals surface area contributed by atoms with Crippen molar-refractivity contribution in [2.75, 3.05) is 25.4 Å². The summed E-state index contributed by atoms with van der Waals surface area (Å²) in [4.78, 5) is 3.55. The predicted octanol–water partition coefficient (Wildman–Crippen LogP) is 3.40. The molecule has 0 spiro atoms. The van der Waals surface area contributed by atoms with Crippen LogP contribution in [0.25, 0.3) is 0 Å². The van der Waals surface area contributed by atoms with Gasteiger partial charge in [-0.25, -0.2) is 4.39 Å². The Morgan fingerprint density at radius 2 is 2.00 bits per heavy atom. The van der Waals surface area contributed by atoms with Crippen LogP contribution >= 0.6 is 11.8 Å². The van der Waals surface area contributed by atoms with Crippen LogP contribution in [0.4, 0.5) is 4.39 Å². The molecule has 1 fully saturated rings. The lowest BCUT2D eigenvalue weighted by Crippen LogP contribution is -2.31. The minimum Gasteiger partial charge on any atom is -0.303 e. The van der Waals surface area contributed by atoms with Crippen LogP contribution in [-0.4, -0.2) is 30.3 Å². The summed E-state index contributed by atoms with van der Waals surface area (Å²) in [6.07, 6.45) is 4.06. The first-order valence-corrected chi connectivity index (χ1v) is 6.94. The summed E-state index contributed by atoms with van der Waals surface area (Å²) < 4.78 is 12.9. The SMILES string of the molecule is Fc1cccc(SCCN2CCCCC2)c1. The molecule has 0 N–H and O–H groups in total. The lowest BCUT2D eigenvalue weighted by molar-refractivity contribution is 0.242. The third-order valence-electron chi connectivity index (χ3n) is 2.92. The number of hydrogen-bond donors (Lipinski definition) is 0. The Morgan fingerprint density at radius 1 is 1.19 bits per heavy atom. The van der Waals surface area contributed by atoms with E-state index in [4.69, 9.17) is 0 Å². The third-order valence-corrected chi connectivity index (χ3v) is 3.89. The zero-order valence-corrected chi connectivity index (χ0v) is 10.3. The van der Waals surface area contributed by atoms with Crippen LogP contribution in [0, 0.1) is 5.82 Å². The zero-order chi connectivity index (χ0) is 11.2. The molecule has 2 rings (SSSR count). The molecular weight excluding hydrogens is 221 g/mol. The molecule has 0 aliphatic carbocycles. The number of benzene rings is 1. The van der Waals surface area contributed by atoms with Crippen LogP contribution in [0.2, 0.25) is 0 Å². The average molecular weight is 239 g/mol. The Bertz CT molecular complexity index is 323. The van der Waals surface area contributed by atoms with E-state index < -0.39 is 0 Å². The van der Waals surface area contributed by atoms with Crippen LogP contribution in [0.5, 0.6) is 0 Å². The van der Waals surface area contributed by atoms with Gasteiger partial charge in [-0.05, 0) is 44.1 Å². The molecule has 0 saturated carbocycles. The van der Waals surface area contributed by atoms with Crippen molar-refractivity contribution in [1.82, 2.24) is 4.90 Å². The van der Waals surface area contributed by atoms with Gasteiger partial charge in [0.2, 0.25) is 0 Å². The maximum atomic E-state index is 12.9. The van der Waals surface area contributed by atoms with Crippen LogP contribution in [-0.2, 0) is 0 Å². The number of piperidine rings is 1.